The van der Waals surface area contributed by atoms with E-state index in [2.05, 4.69) is 5.32 Å². The Labute approximate surface area is 96.2 Å². The van der Waals surface area contributed by atoms with Crippen LogP contribution in [0.25, 0.3) is 0 Å². The molecule has 2 N–H and O–H groups in total. The van der Waals surface area contributed by atoms with E-state index in [1.165, 1.54) is 0 Å². The molecule has 1 aromatic carbocycles. The maximum Gasteiger partial charge on any atom is 0.337 e. The molecule has 0 unspecified atom stereocenters. The van der Waals surface area contributed by atoms with Crippen LogP contribution >= 0.6 is 0 Å². The smallest absolute Gasteiger partial charge is 0.337 e. The van der Waals surface area contributed by atoms with E-state index in [-0.39, 0.29) is 23.4 Å². The lowest BCUT2D eigenvalue weighted by atomic mass is 10.1. The number of carboxylic acids is 1. The van der Waals surface area contributed by atoms with Crippen molar-refractivity contribution in [2.75, 3.05) is 5.32 Å². The van der Waals surface area contributed by atoms with E-state index >= 15 is 0 Å². The third-order valence-corrected chi connectivity index (χ3v) is 2.04. The van der Waals surface area contributed by atoms with Crippen LogP contribution in [0.5, 0.6) is 0 Å². The van der Waals surface area contributed by atoms with E-state index in [9.17, 15) is 19.7 Å². The number of carbonyl (C=O) groups excluding carboxylic acids is 1. The number of amides is 1. The molecule has 0 aliphatic carbocycles. The van der Waals surface area contributed by atoms with Gasteiger partial charge in [0, 0.05) is 18.6 Å². The highest BCUT2D eigenvalue weighted by Gasteiger charge is 2.16. The first-order chi connectivity index (χ1) is 7.95. The predicted molar refractivity (Wildman–Crippen MR) is 59.0 cm³/mol. The molecule has 0 saturated heterocycles. The molecule has 7 nitrogen and oxygen atoms in total. The second-order valence-corrected chi connectivity index (χ2v) is 3.19. The van der Waals surface area contributed by atoms with Gasteiger partial charge in [-0.3, -0.25) is 14.9 Å². The van der Waals surface area contributed by atoms with E-state index < -0.39 is 16.8 Å². The van der Waals surface area contributed by atoms with E-state index in [0.717, 1.165) is 18.2 Å². The quantitative estimate of drug-likeness (QED) is 0.612. The van der Waals surface area contributed by atoms with Crippen LogP contribution in [0.15, 0.2) is 18.2 Å². The number of carboxylic acid groups (broad SMARTS) is 1. The fourth-order valence-electron chi connectivity index (χ4n) is 1.17. The van der Waals surface area contributed by atoms with Gasteiger partial charge >= 0.3 is 5.97 Å². The van der Waals surface area contributed by atoms with Gasteiger partial charge in [-0.1, -0.05) is 6.92 Å². The predicted octanol–water partition coefficient (Wildman–Crippen LogP) is 1.64. The lowest BCUT2D eigenvalue weighted by molar-refractivity contribution is -0.384. The highest BCUT2D eigenvalue weighted by Crippen LogP contribution is 2.22. The zero-order chi connectivity index (χ0) is 13.0. The van der Waals surface area contributed by atoms with Crippen molar-refractivity contribution in [1.29, 1.82) is 0 Å². The molecule has 0 heterocycles. The van der Waals surface area contributed by atoms with Crippen LogP contribution in [0.3, 0.4) is 0 Å². The van der Waals surface area contributed by atoms with Gasteiger partial charge in [0.1, 0.15) is 0 Å². The summed E-state index contributed by atoms with van der Waals surface area (Å²) in [6.07, 6.45) is 0.155. The highest BCUT2D eigenvalue weighted by atomic mass is 16.6. The Kier molecular flexibility index (Phi) is 3.76. The van der Waals surface area contributed by atoms with Crippen molar-refractivity contribution in [1.82, 2.24) is 0 Å². The van der Waals surface area contributed by atoms with Gasteiger partial charge in [0.05, 0.1) is 16.2 Å². The summed E-state index contributed by atoms with van der Waals surface area (Å²) in [5.41, 5.74) is -0.530. The molecule has 0 spiro atoms. The number of nitro benzene ring substituents is 1. The summed E-state index contributed by atoms with van der Waals surface area (Å²) in [6.45, 7) is 1.59. The summed E-state index contributed by atoms with van der Waals surface area (Å²) < 4.78 is 0. The van der Waals surface area contributed by atoms with Crippen LogP contribution in [0.2, 0.25) is 0 Å². The van der Waals surface area contributed by atoms with Gasteiger partial charge in [-0.25, -0.2) is 4.79 Å². The molecule has 0 atom stereocenters. The third-order valence-electron chi connectivity index (χ3n) is 2.04. The third kappa shape index (κ3) is 3.00. The molecule has 1 rings (SSSR count). The monoisotopic (exact) mass is 238 g/mol. The molecule has 0 radical (unpaired) electrons. The molecule has 0 aliphatic heterocycles. The Bertz CT molecular complexity index is 484. The Morgan fingerprint density at radius 2 is 2.12 bits per heavy atom. The van der Waals surface area contributed by atoms with Crippen LogP contribution < -0.4 is 5.32 Å². The van der Waals surface area contributed by atoms with Gasteiger partial charge in [0.2, 0.25) is 5.91 Å². The maximum atomic E-state index is 11.2. The number of nitrogens with one attached hydrogen (secondary N) is 1. The number of carbonyl (C=O) groups is 2. The van der Waals surface area contributed by atoms with E-state index in [1.54, 1.807) is 6.92 Å². The first-order valence-corrected chi connectivity index (χ1v) is 4.77. The maximum absolute atomic E-state index is 11.2. The number of nitrogens with zero attached hydrogens (tertiary/aromatic N) is 1. The van der Waals surface area contributed by atoms with Crippen molar-refractivity contribution >= 4 is 23.3 Å². The highest BCUT2D eigenvalue weighted by molar-refractivity contribution is 6.00. The molecule has 1 amide bonds. The second-order valence-electron chi connectivity index (χ2n) is 3.19. The average Bonchev–Trinajstić information content (AvgIpc) is 2.28. The minimum atomic E-state index is -1.26. The Hall–Kier alpha value is -2.44. The molecule has 0 bridgehead atoms. The number of hydrogen-bond acceptors (Lipinski definition) is 4. The lowest BCUT2D eigenvalue weighted by Crippen LogP contribution is -2.13. The van der Waals surface area contributed by atoms with Crippen LogP contribution in [-0.4, -0.2) is 21.9 Å². The largest absolute Gasteiger partial charge is 0.478 e. The Balaban J connectivity index is 3.20. The van der Waals surface area contributed by atoms with Crippen molar-refractivity contribution in [3.05, 3.63) is 33.9 Å². The molecule has 0 fully saturated rings. The van der Waals surface area contributed by atoms with Crippen LogP contribution in [0, 0.1) is 10.1 Å². The number of rotatable bonds is 4. The topological polar surface area (TPSA) is 110 Å². The molecular formula is C10H10N2O5. The van der Waals surface area contributed by atoms with Crippen LogP contribution in [0.4, 0.5) is 11.4 Å². The summed E-state index contributed by atoms with van der Waals surface area (Å²) >= 11 is 0. The molecule has 0 saturated carbocycles. The number of anilines is 1. The fourth-order valence-corrected chi connectivity index (χ4v) is 1.17. The minimum absolute atomic E-state index is 0.0708. The molecule has 0 aromatic heterocycles. The zero-order valence-electron chi connectivity index (χ0n) is 8.97. The van der Waals surface area contributed by atoms with Crippen LogP contribution in [-0.2, 0) is 4.79 Å². The minimum Gasteiger partial charge on any atom is -0.478 e. The Morgan fingerprint density at radius 1 is 1.47 bits per heavy atom. The van der Waals surface area contributed by atoms with Gasteiger partial charge in [-0.05, 0) is 6.07 Å². The number of non-ortho nitro benzene ring substituents is 1. The zero-order valence-corrected chi connectivity index (χ0v) is 8.97. The number of hydrogen-bond donors (Lipinski definition) is 2. The second kappa shape index (κ2) is 5.06. The number of nitro groups is 1. The Morgan fingerprint density at radius 3 is 2.59 bits per heavy atom. The molecule has 1 aromatic rings. The molecule has 90 valence electrons. The van der Waals surface area contributed by atoms with Gasteiger partial charge in [-0.2, -0.15) is 0 Å². The summed E-state index contributed by atoms with van der Waals surface area (Å²) in [6, 6.07) is 3.19. The summed E-state index contributed by atoms with van der Waals surface area (Å²) in [4.78, 5) is 31.9. The normalized spacial score (nSPS) is 9.71. The van der Waals surface area contributed by atoms with Gasteiger partial charge < -0.3 is 10.4 Å². The lowest BCUT2D eigenvalue weighted by Gasteiger charge is -2.06. The fraction of sp³-hybridized carbons (Fsp3) is 0.200. The van der Waals surface area contributed by atoms with Gasteiger partial charge in [0.25, 0.3) is 5.69 Å². The summed E-state index contributed by atoms with van der Waals surface area (Å²) in [5.74, 6) is -1.67. The van der Waals surface area contributed by atoms with Gasteiger partial charge in [-0.15, -0.1) is 0 Å². The standard InChI is InChI=1S/C10H10N2O5/c1-2-9(13)11-8-5-6(12(16)17)3-4-7(8)10(14)15/h3-5H,2H2,1H3,(H,11,13)(H,14,15). The summed E-state index contributed by atoms with van der Waals surface area (Å²) in [7, 11) is 0. The van der Waals surface area contributed by atoms with Crippen molar-refractivity contribution in [3.8, 4) is 0 Å². The number of benzene rings is 1. The van der Waals surface area contributed by atoms with Gasteiger partial charge in [0.15, 0.2) is 0 Å². The van der Waals surface area contributed by atoms with E-state index in [1.807, 2.05) is 0 Å². The van der Waals surface area contributed by atoms with Crippen molar-refractivity contribution in [2.45, 2.75) is 13.3 Å². The molecule has 0 aliphatic rings. The molecule has 7 heteroatoms. The molecule has 17 heavy (non-hydrogen) atoms. The SMILES string of the molecule is CCC(=O)Nc1cc([N+](=O)[O-])ccc1C(=O)O. The number of aromatic carboxylic acids is 1. The first kappa shape index (κ1) is 12.6. The first-order valence-electron chi connectivity index (χ1n) is 4.77. The van der Waals surface area contributed by atoms with E-state index in [0.29, 0.717) is 0 Å². The van der Waals surface area contributed by atoms with Crippen molar-refractivity contribution in [3.63, 3.8) is 0 Å². The van der Waals surface area contributed by atoms with Crippen LogP contribution in [0.1, 0.15) is 23.7 Å². The average molecular weight is 238 g/mol. The summed E-state index contributed by atoms with van der Waals surface area (Å²) in [5, 5.41) is 21.7. The van der Waals surface area contributed by atoms with Crippen molar-refractivity contribution in [2.24, 2.45) is 0 Å². The van der Waals surface area contributed by atoms with E-state index in [4.69, 9.17) is 5.11 Å². The molecular weight excluding hydrogens is 228 g/mol. The van der Waals surface area contributed by atoms with Crippen molar-refractivity contribution < 1.29 is 19.6 Å².